The number of benzene rings is 1. The number of hydrogen-bond donors (Lipinski definition) is 1. The highest BCUT2D eigenvalue weighted by Crippen LogP contribution is 2.42. The minimum absolute atomic E-state index is 0.0140. The maximum absolute atomic E-state index is 14.0. The van der Waals surface area contributed by atoms with Gasteiger partial charge in [0, 0.05) is 50.9 Å². The first-order chi connectivity index (χ1) is 18.8. The van der Waals surface area contributed by atoms with Crippen LogP contribution in [0.4, 0.5) is 19.0 Å². The molecule has 2 saturated heterocycles. The second kappa shape index (κ2) is 11.9. The summed E-state index contributed by atoms with van der Waals surface area (Å²) in [4.78, 5) is 34.9. The van der Waals surface area contributed by atoms with Gasteiger partial charge in [0.1, 0.15) is 5.82 Å². The van der Waals surface area contributed by atoms with E-state index in [2.05, 4.69) is 9.88 Å². The van der Waals surface area contributed by atoms with Crippen LogP contribution >= 0.6 is 11.6 Å². The summed E-state index contributed by atoms with van der Waals surface area (Å²) in [5.74, 6) is 0.223. The molecule has 40 heavy (non-hydrogen) atoms. The molecular weight excluding hydrogens is 545 g/mol. The van der Waals surface area contributed by atoms with Crippen LogP contribution in [0.5, 0.6) is 0 Å². The Labute approximate surface area is 237 Å². The zero-order chi connectivity index (χ0) is 29.2. The molecule has 2 amide bonds. The van der Waals surface area contributed by atoms with Crippen molar-refractivity contribution < 1.29 is 27.9 Å². The van der Waals surface area contributed by atoms with Gasteiger partial charge in [-0.25, -0.2) is 4.98 Å². The fourth-order valence-electron chi connectivity index (χ4n) is 5.78. The molecule has 0 radical (unpaired) electrons. The van der Waals surface area contributed by atoms with Crippen LogP contribution in [-0.4, -0.2) is 78.2 Å². The summed E-state index contributed by atoms with van der Waals surface area (Å²) in [7, 11) is 3.43. The lowest BCUT2D eigenvalue weighted by Gasteiger charge is -2.40. The van der Waals surface area contributed by atoms with E-state index in [1.165, 1.54) is 17.0 Å². The van der Waals surface area contributed by atoms with Crippen molar-refractivity contribution >= 4 is 29.2 Å². The van der Waals surface area contributed by atoms with Crippen molar-refractivity contribution in [2.24, 2.45) is 11.8 Å². The Balaban J connectivity index is 1.30. The highest BCUT2D eigenvalue weighted by molar-refractivity contribution is 6.30. The molecule has 2 aliphatic rings. The number of anilines is 1. The average molecular weight is 581 g/mol. The van der Waals surface area contributed by atoms with Crippen molar-refractivity contribution in [3.05, 3.63) is 58.2 Å². The maximum atomic E-state index is 14.0. The number of nitrogens with zero attached hydrogens (tertiary/aromatic N) is 4. The number of amides is 2. The standard InChI is InChI=1S/C29H36ClF3N4O3/c1-19-24(26(38)35(2)3)7-8-25(34-19)36-13-9-20(10-14-36)17-21-11-15-37(16-12-21)27(39)28(40,29(31,32)33)22-5-4-6-23(30)18-22/h4-8,18,20-21,40H,9-17H2,1-3H3. The van der Waals surface area contributed by atoms with Crippen molar-refractivity contribution in [2.75, 3.05) is 45.2 Å². The quantitative estimate of drug-likeness (QED) is 0.518. The maximum Gasteiger partial charge on any atom is 0.430 e. The van der Waals surface area contributed by atoms with E-state index in [-0.39, 0.29) is 24.0 Å². The third-order valence-corrected chi connectivity index (χ3v) is 8.41. The van der Waals surface area contributed by atoms with Crippen LogP contribution in [0.3, 0.4) is 0 Å². The minimum atomic E-state index is -5.19. The lowest BCUT2D eigenvalue weighted by molar-refractivity contribution is -0.262. The molecule has 0 aliphatic carbocycles. The molecule has 2 fully saturated rings. The summed E-state index contributed by atoms with van der Waals surface area (Å²) in [6.45, 7) is 3.86. The summed E-state index contributed by atoms with van der Waals surface area (Å²) in [5, 5.41) is 10.7. The van der Waals surface area contributed by atoms with Gasteiger partial charge in [0.15, 0.2) is 0 Å². The molecule has 1 unspecified atom stereocenters. The van der Waals surface area contributed by atoms with E-state index in [1.807, 2.05) is 19.1 Å². The van der Waals surface area contributed by atoms with Crippen LogP contribution in [-0.2, 0) is 10.4 Å². The van der Waals surface area contributed by atoms with E-state index in [1.54, 1.807) is 14.1 Å². The molecule has 0 saturated carbocycles. The fraction of sp³-hybridized carbons (Fsp3) is 0.552. The van der Waals surface area contributed by atoms with Gasteiger partial charge in [-0.15, -0.1) is 0 Å². The van der Waals surface area contributed by atoms with E-state index >= 15 is 0 Å². The van der Waals surface area contributed by atoms with Gasteiger partial charge in [0.25, 0.3) is 17.4 Å². The topological polar surface area (TPSA) is 77.0 Å². The molecule has 1 N–H and O–H groups in total. The van der Waals surface area contributed by atoms with Crippen LogP contribution in [0.2, 0.25) is 5.02 Å². The molecule has 1 aromatic heterocycles. The monoisotopic (exact) mass is 580 g/mol. The molecule has 0 spiro atoms. The van der Waals surface area contributed by atoms with Crippen LogP contribution in [0.15, 0.2) is 36.4 Å². The molecule has 218 valence electrons. The van der Waals surface area contributed by atoms with Gasteiger partial charge < -0.3 is 19.8 Å². The third kappa shape index (κ3) is 6.22. The molecule has 2 aliphatic heterocycles. The van der Waals surface area contributed by atoms with Crippen LogP contribution < -0.4 is 4.90 Å². The Morgan fingerprint density at radius 3 is 2.15 bits per heavy atom. The van der Waals surface area contributed by atoms with Crippen LogP contribution in [0, 0.1) is 18.8 Å². The van der Waals surface area contributed by atoms with Crippen LogP contribution in [0.25, 0.3) is 0 Å². The summed E-state index contributed by atoms with van der Waals surface area (Å²) < 4.78 is 42.0. The van der Waals surface area contributed by atoms with E-state index in [0.717, 1.165) is 55.2 Å². The first-order valence-electron chi connectivity index (χ1n) is 13.6. The Kier molecular flexibility index (Phi) is 8.99. The largest absolute Gasteiger partial charge is 0.430 e. The van der Waals surface area contributed by atoms with Crippen molar-refractivity contribution in [1.29, 1.82) is 0 Å². The van der Waals surface area contributed by atoms with Crippen molar-refractivity contribution in [2.45, 2.75) is 50.8 Å². The summed E-state index contributed by atoms with van der Waals surface area (Å²) in [5.41, 5.74) is -2.92. The number of aryl methyl sites for hydroxylation is 1. The number of hydrogen-bond acceptors (Lipinski definition) is 5. The number of halogens is 4. The highest BCUT2D eigenvalue weighted by atomic mass is 35.5. The van der Waals surface area contributed by atoms with Gasteiger partial charge in [-0.05, 0) is 75.1 Å². The van der Waals surface area contributed by atoms with E-state index in [0.29, 0.717) is 35.9 Å². The second-order valence-electron chi connectivity index (χ2n) is 11.1. The number of rotatable bonds is 6. The average Bonchev–Trinajstić information content (AvgIpc) is 2.92. The normalized spacial score (nSPS) is 18.9. The SMILES string of the molecule is Cc1nc(N2CCC(CC3CCN(C(=O)C(O)(c4cccc(Cl)c4)C(F)(F)F)CC3)CC2)ccc1C(=O)N(C)C. The zero-order valence-corrected chi connectivity index (χ0v) is 23.8. The molecule has 11 heteroatoms. The molecule has 3 heterocycles. The number of alkyl halides is 3. The molecule has 1 aromatic carbocycles. The predicted octanol–water partition coefficient (Wildman–Crippen LogP) is 5.04. The highest BCUT2D eigenvalue weighted by Gasteiger charge is 2.62. The number of likely N-dealkylation sites (tertiary alicyclic amines) is 1. The lowest BCUT2D eigenvalue weighted by Crippen LogP contribution is -2.57. The predicted molar refractivity (Wildman–Crippen MR) is 147 cm³/mol. The zero-order valence-electron chi connectivity index (χ0n) is 23.0. The Morgan fingerprint density at radius 2 is 1.62 bits per heavy atom. The lowest BCUT2D eigenvalue weighted by atomic mass is 9.82. The minimum Gasteiger partial charge on any atom is -0.368 e. The molecule has 1 atom stereocenters. The number of carbonyl (C=O) groups is 2. The number of piperidine rings is 2. The van der Waals surface area contributed by atoms with Crippen molar-refractivity contribution in [1.82, 2.24) is 14.8 Å². The van der Waals surface area contributed by atoms with Gasteiger partial charge in [-0.2, -0.15) is 13.2 Å². The number of aliphatic hydroxyl groups is 1. The molecule has 2 aromatic rings. The molecular formula is C29H36ClF3N4O3. The molecule has 0 bridgehead atoms. The first-order valence-corrected chi connectivity index (χ1v) is 14.0. The summed E-state index contributed by atoms with van der Waals surface area (Å²) in [6.07, 6.45) is -1.09. The van der Waals surface area contributed by atoms with Crippen molar-refractivity contribution in [3.8, 4) is 0 Å². The summed E-state index contributed by atoms with van der Waals surface area (Å²) >= 11 is 5.86. The van der Waals surface area contributed by atoms with Crippen LogP contribution in [0.1, 0.15) is 53.7 Å². The van der Waals surface area contributed by atoms with E-state index in [4.69, 9.17) is 11.6 Å². The first kappa shape index (κ1) is 30.1. The Bertz CT molecular complexity index is 1230. The Morgan fingerprint density at radius 1 is 1.02 bits per heavy atom. The van der Waals surface area contributed by atoms with E-state index in [9.17, 15) is 27.9 Å². The van der Waals surface area contributed by atoms with Crippen molar-refractivity contribution in [3.63, 3.8) is 0 Å². The molecule has 7 nitrogen and oxygen atoms in total. The van der Waals surface area contributed by atoms with Gasteiger partial charge in [0.2, 0.25) is 0 Å². The Hall–Kier alpha value is -2.85. The second-order valence-corrected chi connectivity index (χ2v) is 11.6. The van der Waals surface area contributed by atoms with Gasteiger partial charge >= 0.3 is 6.18 Å². The number of aromatic nitrogens is 1. The number of carbonyl (C=O) groups excluding carboxylic acids is 2. The fourth-order valence-corrected chi connectivity index (χ4v) is 5.97. The van der Waals surface area contributed by atoms with E-state index < -0.39 is 23.2 Å². The van der Waals surface area contributed by atoms with Gasteiger partial charge in [-0.1, -0.05) is 23.7 Å². The molecule has 4 rings (SSSR count). The smallest absolute Gasteiger partial charge is 0.368 e. The van der Waals surface area contributed by atoms with Gasteiger partial charge in [0.05, 0.1) is 11.3 Å². The summed E-state index contributed by atoms with van der Waals surface area (Å²) in [6, 6.07) is 8.46. The third-order valence-electron chi connectivity index (χ3n) is 8.18. The number of pyridine rings is 1. The van der Waals surface area contributed by atoms with Gasteiger partial charge in [-0.3, -0.25) is 9.59 Å².